The van der Waals surface area contributed by atoms with Gasteiger partial charge in [0.1, 0.15) is 5.82 Å². The fraction of sp³-hybridized carbons (Fsp3) is 0.300. The van der Waals surface area contributed by atoms with E-state index >= 15 is 0 Å². The minimum atomic E-state index is -0.257. The summed E-state index contributed by atoms with van der Waals surface area (Å²) in [6.45, 7) is 4.18. The molecule has 0 aromatic heterocycles. The van der Waals surface area contributed by atoms with E-state index in [2.05, 4.69) is 15.7 Å². The number of hydrogen-bond acceptors (Lipinski definition) is 2. The first kappa shape index (κ1) is 11.5. The third-order valence-corrected chi connectivity index (χ3v) is 1.97. The van der Waals surface area contributed by atoms with E-state index in [4.69, 9.17) is 5.84 Å². The van der Waals surface area contributed by atoms with Gasteiger partial charge in [0, 0.05) is 17.8 Å². The lowest BCUT2D eigenvalue weighted by Crippen LogP contribution is -2.36. The Bertz CT molecular complexity index is 362. The number of hydrogen-bond donors (Lipinski definition) is 3. The van der Waals surface area contributed by atoms with Gasteiger partial charge in [-0.1, -0.05) is 6.07 Å². The van der Waals surface area contributed by atoms with Crippen molar-refractivity contribution in [3.63, 3.8) is 0 Å². The zero-order valence-electron chi connectivity index (χ0n) is 8.84. The maximum absolute atomic E-state index is 13.2. The molecule has 0 fully saturated rings. The van der Waals surface area contributed by atoms with Crippen LogP contribution in [-0.2, 0) is 0 Å². The number of nitrogens with two attached hydrogens (primary N) is 1. The molecule has 82 valence electrons. The minimum Gasteiger partial charge on any atom is -0.325 e. The van der Waals surface area contributed by atoms with E-state index in [0.717, 1.165) is 0 Å². The molecule has 4 N–H and O–H groups in total. The smallest absolute Gasteiger partial charge is 0.210 e. The maximum Gasteiger partial charge on any atom is 0.210 e. The van der Waals surface area contributed by atoms with Crippen molar-refractivity contribution in [2.75, 3.05) is 11.9 Å². The molecule has 0 radical (unpaired) electrons. The quantitative estimate of drug-likeness (QED) is 0.299. The monoisotopic (exact) mass is 210 g/mol. The number of nitrogens with one attached hydrogen (secondary N) is 2. The SMILES string of the molecule is CCN=C(NN)Nc1cccc(F)c1C. The molecule has 15 heavy (non-hydrogen) atoms. The van der Waals surface area contributed by atoms with Gasteiger partial charge in [-0.25, -0.2) is 10.2 Å². The summed E-state index contributed by atoms with van der Waals surface area (Å²) in [4.78, 5) is 4.06. The summed E-state index contributed by atoms with van der Waals surface area (Å²) >= 11 is 0. The lowest BCUT2D eigenvalue weighted by atomic mass is 10.2. The van der Waals surface area contributed by atoms with Gasteiger partial charge in [0.15, 0.2) is 0 Å². The van der Waals surface area contributed by atoms with Gasteiger partial charge in [-0.3, -0.25) is 10.4 Å². The number of aliphatic imine (C=N–C) groups is 1. The molecule has 0 atom stereocenters. The standard InChI is InChI=1S/C10H15FN4/c1-3-13-10(15-12)14-9-6-4-5-8(11)7(9)2/h4-6H,3,12H2,1-2H3,(H2,13,14,15). The van der Waals surface area contributed by atoms with Crippen molar-refractivity contribution in [2.45, 2.75) is 13.8 Å². The van der Waals surface area contributed by atoms with Gasteiger partial charge in [-0.15, -0.1) is 0 Å². The van der Waals surface area contributed by atoms with Crippen molar-refractivity contribution in [3.05, 3.63) is 29.6 Å². The highest BCUT2D eigenvalue weighted by atomic mass is 19.1. The summed E-state index contributed by atoms with van der Waals surface area (Å²) in [5.74, 6) is 5.42. The lowest BCUT2D eigenvalue weighted by molar-refractivity contribution is 0.619. The van der Waals surface area contributed by atoms with Gasteiger partial charge < -0.3 is 5.32 Å². The number of nitrogens with zero attached hydrogens (tertiary/aromatic N) is 1. The van der Waals surface area contributed by atoms with E-state index < -0.39 is 0 Å². The molecule has 0 amide bonds. The highest BCUT2D eigenvalue weighted by Crippen LogP contribution is 2.16. The average Bonchev–Trinajstić information content (AvgIpc) is 2.24. The summed E-state index contributed by atoms with van der Waals surface area (Å²) in [6, 6.07) is 4.80. The number of hydrazine groups is 1. The van der Waals surface area contributed by atoms with Gasteiger partial charge in [0.2, 0.25) is 5.96 Å². The van der Waals surface area contributed by atoms with Crippen LogP contribution in [0.4, 0.5) is 10.1 Å². The first-order valence-corrected chi connectivity index (χ1v) is 4.72. The largest absolute Gasteiger partial charge is 0.325 e. The van der Waals surface area contributed by atoms with Crippen molar-refractivity contribution in [2.24, 2.45) is 10.8 Å². The predicted octanol–water partition coefficient (Wildman–Crippen LogP) is 1.39. The zero-order chi connectivity index (χ0) is 11.3. The summed E-state index contributed by atoms with van der Waals surface area (Å²) in [7, 11) is 0. The fourth-order valence-corrected chi connectivity index (χ4v) is 1.15. The van der Waals surface area contributed by atoms with Crippen LogP contribution < -0.4 is 16.6 Å². The summed E-state index contributed by atoms with van der Waals surface area (Å²) in [6.07, 6.45) is 0. The van der Waals surface area contributed by atoms with Crippen LogP contribution in [0.5, 0.6) is 0 Å². The molecule has 0 aliphatic carbocycles. The molecule has 0 bridgehead atoms. The first-order chi connectivity index (χ1) is 7.19. The molecule has 1 rings (SSSR count). The zero-order valence-corrected chi connectivity index (χ0v) is 8.84. The van der Waals surface area contributed by atoms with Crippen LogP contribution in [-0.4, -0.2) is 12.5 Å². The van der Waals surface area contributed by atoms with E-state index in [9.17, 15) is 4.39 Å². The average molecular weight is 210 g/mol. The van der Waals surface area contributed by atoms with Crippen LogP contribution in [0.25, 0.3) is 0 Å². The third kappa shape index (κ3) is 2.92. The van der Waals surface area contributed by atoms with Gasteiger partial charge in [0.05, 0.1) is 0 Å². The number of benzene rings is 1. The second-order valence-electron chi connectivity index (χ2n) is 3.00. The van der Waals surface area contributed by atoms with Crippen LogP contribution in [0, 0.1) is 12.7 Å². The topological polar surface area (TPSA) is 62.4 Å². The van der Waals surface area contributed by atoms with Gasteiger partial charge in [-0.05, 0) is 26.0 Å². The van der Waals surface area contributed by atoms with E-state index in [1.807, 2.05) is 6.92 Å². The van der Waals surface area contributed by atoms with Crippen molar-refractivity contribution in [1.29, 1.82) is 0 Å². The highest BCUT2D eigenvalue weighted by Gasteiger charge is 2.04. The molecule has 1 aromatic carbocycles. The van der Waals surface area contributed by atoms with Gasteiger partial charge >= 0.3 is 0 Å². The van der Waals surface area contributed by atoms with Crippen LogP contribution >= 0.6 is 0 Å². The van der Waals surface area contributed by atoms with Crippen LogP contribution in [0.3, 0.4) is 0 Å². The molecule has 0 spiro atoms. The minimum absolute atomic E-state index is 0.257. The Morgan fingerprint density at radius 3 is 2.87 bits per heavy atom. The predicted molar refractivity (Wildman–Crippen MR) is 60.1 cm³/mol. The third-order valence-electron chi connectivity index (χ3n) is 1.97. The van der Waals surface area contributed by atoms with Crippen molar-refractivity contribution >= 4 is 11.6 Å². The molecular weight excluding hydrogens is 195 g/mol. The molecule has 0 saturated carbocycles. The molecule has 0 aliphatic rings. The Balaban J connectivity index is 2.88. The van der Waals surface area contributed by atoms with E-state index in [1.165, 1.54) is 6.07 Å². The fourth-order valence-electron chi connectivity index (χ4n) is 1.15. The van der Waals surface area contributed by atoms with Gasteiger partial charge in [0.25, 0.3) is 0 Å². The Hall–Kier alpha value is -1.62. The molecule has 0 heterocycles. The number of rotatable bonds is 2. The number of halogens is 1. The maximum atomic E-state index is 13.2. The van der Waals surface area contributed by atoms with E-state index in [1.54, 1.807) is 19.1 Å². The summed E-state index contributed by atoms with van der Waals surface area (Å²) < 4.78 is 13.2. The molecule has 0 unspecified atom stereocenters. The molecule has 4 nitrogen and oxygen atoms in total. The molecule has 5 heteroatoms. The van der Waals surface area contributed by atoms with E-state index in [-0.39, 0.29) is 5.82 Å². The molecular formula is C10H15FN4. The summed E-state index contributed by atoms with van der Waals surface area (Å²) in [5.41, 5.74) is 3.61. The highest BCUT2D eigenvalue weighted by molar-refractivity contribution is 5.93. The van der Waals surface area contributed by atoms with Crippen molar-refractivity contribution in [1.82, 2.24) is 5.43 Å². The second-order valence-corrected chi connectivity index (χ2v) is 3.00. The van der Waals surface area contributed by atoms with Gasteiger partial charge in [-0.2, -0.15) is 0 Å². The van der Waals surface area contributed by atoms with Crippen molar-refractivity contribution < 1.29 is 4.39 Å². The Morgan fingerprint density at radius 2 is 2.27 bits per heavy atom. The Kier molecular flexibility index (Phi) is 4.05. The molecule has 0 aliphatic heterocycles. The van der Waals surface area contributed by atoms with Crippen molar-refractivity contribution in [3.8, 4) is 0 Å². The Morgan fingerprint density at radius 1 is 1.53 bits per heavy atom. The molecule has 0 saturated heterocycles. The second kappa shape index (κ2) is 5.31. The van der Waals surface area contributed by atoms with Crippen LogP contribution in [0.2, 0.25) is 0 Å². The lowest BCUT2D eigenvalue weighted by Gasteiger charge is -2.11. The number of anilines is 1. The summed E-state index contributed by atoms with van der Waals surface area (Å²) in [5, 5.41) is 2.91. The normalized spacial score (nSPS) is 11.3. The first-order valence-electron chi connectivity index (χ1n) is 4.72. The Labute approximate surface area is 88.4 Å². The number of guanidine groups is 1. The van der Waals surface area contributed by atoms with E-state index in [0.29, 0.717) is 23.8 Å². The molecule has 1 aromatic rings. The van der Waals surface area contributed by atoms with Crippen LogP contribution in [0.1, 0.15) is 12.5 Å². The van der Waals surface area contributed by atoms with Crippen LogP contribution in [0.15, 0.2) is 23.2 Å².